The summed E-state index contributed by atoms with van der Waals surface area (Å²) in [5, 5.41) is 3.47. The zero-order valence-electron chi connectivity index (χ0n) is 12.4. The first-order valence-electron chi connectivity index (χ1n) is 7.36. The smallest absolute Gasteiger partial charge is 0.0704 e. The highest BCUT2D eigenvalue weighted by Crippen LogP contribution is 2.21. The third kappa shape index (κ3) is 8.55. The van der Waals surface area contributed by atoms with Crippen LogP contribution in [0.5, 0.6) is 0 Å². The second-order valence-corrected chi connectivity index (χ2v) is 4.78. The first-order chi connectivity index (χ1) is 9.36. The van der Waals surface area contributed by atoms with Gasteiger partial charge in [-0.2, -0.15) is 0 Å². The Hall–Kier alpha value is -0.200. The summed E-state index contributed by atoms with van der Waals surface area (Å²) >= 11 is 0. The molecule has 0 aromatic heterocycles. The Kier molecular flexibility index (Phi) is 10.3. The van der Waals surface area contributed by atoms with Gasteiger partial charge in [0.1, 0.15) is 0 Å². The third-order valence-electron chi connectivity index (χ3n) is 3.26. The molecule has 0 heterocycles. The van der Waals surface area contributed by atoms with Crippen molar-refractivity contribution in [3.05, 3.63) is 0 Å². The van der Waals surface area contributed by atoms with Crippen molar-refractivity contribution < 1.29 is 18.9 Å². The van der Waals surface area contributed by atoms with E-state index in [1.165, 1.54) is 6.42 Å². The first-order valence-corrected chi connectivity index (χ1v) is 7.36. The van der Waals surface area contributed by atoms with Crippen LogP contribution in [0.1, 0.15) is 26.2 Å². The fourth-order valence-electron chi connectivity index (χ4n) is 2.30. The van der Waals surface area contributed by atoms with Gasteiger partial charge in [0.05, 0.1) is 45.7 Å². The number of hydrogen-bond acceptors (Lipinski definition) is 5. The van der Waals surface area contributed by atoms with Crippen molar-refractivity contribution in [3.63, 3.8) is 0 Å². The van der Waals surface area contributed by atoms with Crippen LogP contribution in [0.15, 0.2) is 0 Å². The van der Waals surface area contributed by atoms with Gasteiger partial charge in [-0.1, -0.05) is 6.92 Å². The molecular formula is C14H29NO4. The quantitative estimate of drug-likeness (QED) is 0.543. The Labute approximate surface area is 116 Å². The molecule has 5 heteroatoms. The van der Waals surface area contributed by atoms with Crippen LogP contribution in [0.25, 0.3) is 0 Å². The number of nitrogens with one attached hydrogen (secondary N) is 1. The van der Waals surface area contributed by atoms with Crippen molar-refractivity contribution in [2.24, 2.45) is 0 Å². The van der Waals surface area contributed by atoms with Crippen LogP contribution in [-0.4, -0.2) is 65.4 Å². The average Bonchev–Trinajstić information content (AvgIpc) is 2.85. The molecule has 0 saturated heterocycles. The Balaban J connectivity index is 1.81. The van der Waals surface area contributed by atoms with Crippen molar-refractivity contribution in [3.8, 4) is 0 Å². The molecule has 114 valence electrons. The van der Waals surface area contributed by atoms with E-state index in [-0.39, 0.29) is 0 Å². The molecule has 0 amide bonds. The molecule has 0 aromatic carbocycles. The molecule has 0 bridgehead atoms. The average molecular weight is 275 g/mol. The van der Waals surface area contributed by atoms with Gasteiger partial charge in [-0.3, -0.25) is 0 Å². The Bertz CT molecular complexity index is 204. The number of methoxy groups -OCH3 is 1. The summed E-state index contributed by atoms with van der Waals surface area (Å²) in [6, 6.07) is 0.644. The maximum Gasteiger partial charge on any atom is 0.0704 e. The summed E-state index contributed by atoms with van der Waals surface area (Å²) in [7, 11) is 1.67. The van der Waals surface area contributed by atoms with E-state index in [1.54, 1.807) is 7.11 Å². The fourth-order valence-corrected chi connectivity index (χ4v) is 2.30. The van der Waals surface area contributed by atoms with Gasteiger partial charge >= 0.3 is 0 Å². The Morgan fingerprint density at radius 3 is 2.32 bits per heavy atom. The minimum Gasteiger partial charge on any atom is -0.382 e. The molecule has 2 unspecified atom stereocenters. The molecule has 5 nitrogen and oxygen atoms in total. The van der Waals surface area contributed by atoms with E-state index in [4.69, 9.17) is 18.9 Å². The van der Waals surface area contributed by atoms with E-state index in [2.05, 4.69) is 12.2 Å². The van der Waals surface area contributed by atoms with Gasteiger partial charge in [-0.15, -0.1) is 0 Å². The molecule has 0 aromatic rings. The molecule has 1 fully saturated rings. The third-order valence-corrected chi connectivity index (χ3v) is 3.26. The highest BCUT2D eigenvalue weighted by molar-refractivity contribution is 4.80. The van der Waals surface area contributed by atoms with Crippen LogP contribution >= 0.6 is 0 Å². The molecule has 1 rings (SSSR count). The van der Waals surface area contributed by atoms with Crippen molar-refractivity contribution in [1.29, 1.82) is 0 Å². The zero-order valence-corrected chi connectivity index (χ0v) is 12.4. The Morgan fingerprint density at radius 1 is 0.947 bits per heavy atom. The van der Waals surface area contributed by atoms with Gasteiger partial charge in [-0.25, -0.2) is 0 Å². The molecule has 1 N–H and O–H groups in total. The summed E-state index contributed by atoms with van der Waals surface area (Å²) in [5.41, 5.74) is 0. The summed E-state index contributed by atoms with van der Waals surface area (Å²) < 4.78 is 21.4. The van der Waals surface area contributed by atoms with Crippen molar-refractivity contribution in [2.75, 3.05) is 53.3 Å². The molecule has 0 radical (unpaired) electrons. The minimum atomic E-state index is 0.408. The summed E-state index contributed by atoms with van der Waals surface area (Å²) in [5.74, 6) is 0. The maximum atomic E-state index is 5.80. The van der Waals surface area contributed by atoms with Gasteiger partial charge in [0.15, 0.2) is 0 Å². The van der Waals surface area contributed by atoms with Crippen LogP contribution in [-0.2, 0) is 18.9 Å². The van der Waals surface area contributed by atoms with Gasteiger partial charge in [-0.05, 0) is 25.8 Å². The van der Waals surface area contributed by atoms with Gasteiger partial charge in [0.25, 0.3) is 0 Å². The lowest BCUT2D eigenvalue weighted by molar-refractivity contribution is -0.0148. The largest absolute Gasteiger partial charge is 0.382 e. The van der Waals surface area contributed by atoms with Crippen LogP contribution < -0.4 is 5.32 Å². The number of rotatable bonds is 12. The molecule has 2 atom stereocenters. The van der Waals surface area contributed by atoms with Crippen LogP contribution in [0.4, 0.5) is 0 Å². The van der Waals surface area contributed by atoms with E-state index in [0.717, 1.165) is 19.4 Å². The lowest BCUT2D eigenvalue weighted by Gasteiger charge is -2.13. The number of hydrogen-bond donors (Lipinski definition) is 1. The molecule has 1 aliphatic rings. The predicted molar refractivity (Wildman–Crippen MR) is 74.6 cm³/mol. The summed E-state index contributed by atoms with van der Waals surface area (Å²) in [6.45, 7) is 7.03. The van der Waals surface area contributed by atoms with Crippen molar-refractivity contribution in [2.45, 2.75) is 38.3 Å². The highest BCUT2D eigenvalue weighted by Gasteiger charge is 2.23. The predicted octanol–water partition coefficient (Wildman–Crippen LogP) is 1.21. The van der Waals surface area contributed by atoms with E-state index < -0.39 is 0 Å². The Morgan fingerprint density at radius 2 is 1.63 bits per heavy atom. The lowest BCUT2D eigenvalue weighted by atomic mass is 10.2. The second-order valence-electron chi connectivity index (χ2n) is 4.78. The van der Waals surface area contributed by atoms with Crippen molar-refractivity contribution >= 4 is 0 Å². The van der Waals surface area contributed by atoms with Crippen LogP contribution in [0.2, 0.25) is 0 Å². The maximum absolute atomic E-state index is 5.80. The topological polar surface area (TPSA) is 49.0 Å². The molecule has 0 spiro atoms. The zero-order chi connectivity index (χ0) is 13.8. The van der Waals surface area contributed by atoms with E-state index >= 15 is 0 Å². The van der Waals surface area contributed by atoms with Crippen molar-refractivity contribution in [1.82, 2.24) is 5.32 Å². The molecule has 0 aliphatic heterocycles. The summed E-state index contributed by atoms with van der Waals surface area (Å²) in [4.78, 5) is 0. The fraction of sp³-hybridized carbons (Fsp3) is 1.00. The van der Waals surface area contributed by atoms with E-state index in [0.29, 0.717) is 51.8 Å². The van der Waals surface area contributed by atoms with Crippen LogP contribution in [0, 0.1) is 0 Å². The van der Waals surface area contributed by atoms with E-state index in [9.17, 15) is 0 Å². The molecule has 19 heavy (non-hydrogen) atoms. The SMILES string of the molecule is CCNC1CCC(OCCOCCOCCOC)C1. The normalized spacial score (nSPS) is 23.1. The standard InChI is InChI=1S/C14H29NO4/c1-3-15-13-4-5-14(12-13)19-11-10-18-9-8-17-7-6-16-2/h13-15H,3-12H2,1-2H3. The van der Waals surface area contributed by atoms with Gasteiger partial charge < -0.3 is 24.3 Å². The van der Waals surface area contributed by atoms with Gasteiger partial charge in [0.2, 0.25) is 0 Å². The molecule has 1 saturated carbocycles. The molecule has 1 aliphatic carbocycles. The first kappa shape index (κ1) is 16.9. The minimum absolute atomic E-state index is 0.408. The van der Waals surface area contributed by atoms with Crippen LogP contribution in [0.3, 0.4) is 0 Å². The van der Waals surface area contributed by atoms with E-state index in [1.807, 2.05) is 0 Å². The number of ether oxygens (including phenoxy) is 4. The summed E-state index contributed by atoms with van der Waals surface area (Å²) in [6.07, 6.45) is 3.93. The lowest BCUT2D eigenvalue weighted by Crippen LogP contribution is -2.27. The monoisotopic (exact) mass is 275 g/mol. The van der Waals surface area contributed by atoms with Gasteiger partial charge in [0, 0.05) is 13.2 Å². The highest BCUT2D eigenvalue weighted by atomic mass is 16.6. The molecular weight excluding hydrogens is 246 g/mol. The second kappa shape index (κ2) is 11.6.